The number of nitrogens with one attached hydrogen (secondary N) is 1. The molecule has 0 aliphatic carbocycles. The monoisotopic (exact) mass is 443 g/mol. The van der Waals surface area contributed by atoms with Gasteiger partial charge in [0, 0.05) is 32.2 Å². The normalized spacial score (nSPS) is 18.5. The highest BCUT2D eigenvalue weighted by Gasteiger charge is 2.39. The predicted molar refractivity (Wildman–Crippen MR) is 116 cm³/mol. The highest BCUT2D eigenvalue weighted by atomic mass is 19.1. The Morgan fingerprint density at radius 3 is 2.72 bits per heavy atom. The van der Waals surface area contributed by atoms with Gasteiger partial charge in [-0.2, -0.15) is 5.10 Å². The van der Waals surface area contributed by atoms with Gasteiger partial charge in [-0.15, -0.1) is 0 Å². The zero-order valence-electron chi connectivity index (χ0n) is 18.7. The van der Waals surface area contributed by atoms with E-state index in [1.54, 1.807) is 0 Å². The highest BCUT2D eigenvalue weighted by molar-refractivity contribution is 5.97. The molecule has 2 aliphatic rings. The van der Waals surface area contributed by atoms with E-state index < -0.39 is 11.8 Å². The Hall–Kier alpha value is -2.74. The van der Waals surface area contributed by atoms with E-state index in [2.05, 4.69) is 5.32 Å². The zero-order chi connectivity index (χ0) is 22.7. The third-order valence-corrected chi connectivity index (χ3v) is 6.48. The molecule has 0 unspecified atom stereocenters. The Bertz CT molecular complexity index is 980. The molecule has 7 nitrogen and oxygen atoms in total. The first-order valence-corrected chi connectivity index (χ1v) is 11.3. The number of fused-ring (bicyclic) bond motifs is 1. The van der Waals surface area contributed by atoms with Crippen molar-refractivity contribution in [3.8, 4) is 0 Å². The first-order valence-electron chi connectivity index (χ1n) is 11.3. The number of amides is 1. The molecule has 1 atom stereocenters. The van der Waals surface area contributed by atoms with E-state index in [0.29, 0.717) is 43.9 Å². The molecule has 8 heteroatoms. The van der Waals surface area contributed by atoms with Crippen LogP contribution in [0.4, 0.5) is 4.39 Å². The summed E-state index contributed by atoms with van der Waals surface area (Å²) >= 11 is 0. The molecule has 1 fully saturated rings. The topological polar surface area (TPSA) is 82.5 Å². The quantitative estimate of drug-likeness (QED) is 0.694. The summed E-state index contributed by atoms with van der Waals surface area (Å²) in [5.74, 6) is -0.940. The van der Waals surface area contributed by atoms with Crippen LogP contribution in [0.15, 0.2) is 24.3 Å². The molecule has 1 amide bonds. The van der Waals surface area contributed by atoms with Crippen molar-refractivity contribution >= 4 is 11.9 Å². The number of aromatic nitrogens is 2. The van der Waals surface area contributed by atoms with Crippen LogP contribution in [0.2, 0.25) is 0 Å². The van der Waals surface area contributed by atoms with Gasteiger partial charge in [0.2, 0.25) is 0 Å². The highest BCUT2D eigenvalue weighted by Crippen LogP contribution is 2.37. The standard InChI is InChI=1S/C24H30FN3O4/c1-3-19-21-20(12-24(15-26-22(21)29)8-10-31-11-9-24)28(27-19)13-16(2)14-32-23(30)17-4-6-18(25)7-5-17/h4-7,16H,3,8-15H2,1-2H3,(H,26,29)/t16-/m1/s1. The number of benzene rings is 1. The van der Waals surface area contributed by atoms with Gasteiger partial charge in [-0.05, 0) is 55.4 Å². The number of nitrogens with zero attached hydrogens (tertiary/aromatic N) is 2. The minimum Gasteiger partial charge on any atom is -0.462 e. The van der Waals surface area contributed by atoms with Crippen molar-refractivity contribution in [1.29, 1.82) is 0 Å². The number of rotatable bonds is 6. The van der Waals surface area contributed by atoms with E-state index in [1.807, 2.05) is 18.5 Å². The number of esters is 1. The Morgan fingerprint density at radius 2 is 2.03 bits per heavy atom. The van der Waals surface area contributed by atoms with Gasteiger partial charge in [-0.3, -0.25) is 9.48 Å². The van der Waals surface area contributed by atoms with Crippen LogP contribution >= 0.6 is 0 Å². The molecular weight excluding hydrogens is 413 g/mol. The molecule has 2 aromatic rings. The van der Waals surface area contributed by atoms with Crippen molar-refractivity contribution in [1.82, 2.24) is 15.1 Å². The van der Waals surface area contributed by atoms with Crippen molar-refractivity contribution in [2.45, 2.75) is 46.1 Å². The molecule has 1 saturated heterocycles. The van der Waals surface area contributed by atoms with Crippen molar-refractivity contribution in [3.05, 3.63) is 52.6 Å². The summed E-state index contributed by atoms with van der Waals surface area (Å²) in [4.78, 5) is 25.2. The minimum atomic E-state index is -0.481. The van der Waals surface area contributed by atoms with E-state index >= 15 is 0 Å². The molecule has 0 saturated carbocycles. The zero-order valence-corrected chi connectivity index (χ0v) is 18.7. The fourth-order valence-electron chi connectivity index (χ4n) is 4.56. The first-order chi connectivity index (χ1) is 15.4. The molecule has 1 N–H and O–H groups in total. The maximum Gasteiger partial charge on any atom is 0.338 e. The summed E-state index contributed by atoms with van der Waals surface area (Å²) in [6.07, 6.45) is 3.26. The van der Waals surface area contributed by atoms with Crippen molar-refractivity contribution < 1.29 is 23.5 Å². The first kappa shape index (κ1) is 22.5. The Labute approximate surface area is 187 Å². The summed E-state index contributed by atoms with van der Waals surface area (Å²) in [5, 5.41) is 7.88. The summed E-state index contributed by atoms with van der Waals surface area (Å²) in [5.41, 5.74) is 2.78. The number of aryl methyl sites for hydroxylation is 1. The molecule has 1 spiro atoms. The number of carbonyl (C=O) groups is 2. The summed E-state index contributed by atoms with van der Waals surface area (Å²) in [7, 11) is 0. The van der Waals surface area contributed by atoms with Gasteiger partial charge >= 0.3 is 5.97 Å². The van der Waals surface area contributed by atoms with E-state index in [-0.39, 0.29) is 23.8 Å². The van der Waals surface area contributed by atoms with Crippen molar-refractivity contribution in [2.24, 2.45) is 11.3 Å². The Morgan fingerprint density at radius 1 is 1.31 bits per heavy atom. The second kappa shape index (κ2) is 9.40. The smallest absolute Gasteiger partial charge is 0.338 e. The number of hydrogen-bond donors (Lipinski definition) is 1. The van der Waals surface area contributed by atoms with E-state index in [9.17, 15) is 14.0 Å². The average molecular weight is 444 g/mol. The molecule has 4 rings (SSSR count). The van der Waals surface area contributed by atoms with Crippen LogP contribution in [0.1, 0.15) is 58.8 Å². The van der Waals surface area contributed by atoms with Crippen LogP contribution in [-0.4, -0.2) is 48.0 Å². The molecule has 172 valence electrons. The van der Waals surface area contributed by atoms with Crippen molar-refractivity contribution in [2.75, 3.05) is 26.4 Å². The van der Waals surface area contributed by atoms with E-state index in [1.165, 1.54) is 24.3 Å². The van der Waals surface area contributed by atoms with Crippen molar-refractivity contribution in [3.63, 3.8) is 0 Å². The molecule has 2 aliphatic heterocycles. The van der Waals surface area contributed by atoms with E-state index in [4.69, 9.17) is 14.6 Å². The molecule has 32 heavy (non-hydrogen) atoms. The van der Waals surface area contributed by atoms with E-state index in [0.717, 1.165) is 30.7 Å². The van der Waals surface area contributed by atoms with Gasteiger partial charge < -0.3 is 14.8 Å². The SMILES string of the molecule is CCc1nn(C[C@@H](C)COC(=O)c2ccc(F)cc2)c2c1C(=O)NCC1(CCOCC1)C2. The van der Waals surface area contributed by atoms with Gasteiger partial charge in [0.1, 0.15) is 5.82 Å². The predicted octanol–water partition coefficient (Wildman–Crippen LogP) is 3.16. The molecule has 0 bridgehead atoms. The summed E-state index contributed by atoms with van der Waals surface area (Å²) in [6.45, 7) is 6.79. The Kier molecular flexibility index (Phi) is 6.60. The third-order valence-electron chi connectivity index (χ3n) is 6.48. The molecule has 3 heterocycles. The molecular formula is C24H30FN3O4. The maximum atomic E-state index is 13.1. The average Bonchev–Trinajstić information content (AvgIpc) is 3.06. The summed E-state index contributed by atoms with van der Waals surface area (Å²) in [6, 6.07) is 5.30. The van der Waals surface area contributed by atoms with Gasteiger partial charge in [-0.25, -0.2) is 9.18 Å². The lowest BCUT2D eigenvalue weighted by molar-refractivity contribution is 0.0151. The second-order valence-corrected chi connectivity index (χ2v) is 8.99. The fraction of sp³-hybridized carbons (Fsp3) is 0.542. The van der Waals surface area contributed by atoms with Crippen LogP contribution in [0, 0.1) is 17.2 Å². The van der Waals surface area contributed by atoms with Crippen LogP contribution in [0.5, 0.6) is 0 Å². The van der Waals surface area contributed by atoms with Gasteiger partial charge in [0.05, 0.1) is 29.1 Å². The van der Waals surface area contributed by atoms with Crippen LogP contribution in [0.3, 0.4) is 0 Å². The fourth-order valence-corrected chi connectivity index (χ4v) is 4.56. The lowest BCUT2D eigenvalue weighted by Crippen LogP contribution is -2.41. The molecule has 1 aromatic heterocycles. The minimum absolute atomic E-state index is 0.00921. The van der Waals surface area contributed by atoms with Gasteiger partial charge in [0.25, 0.3) is 5.91 Å². The van der Waals surface area contributed by atoms with Crippen LogP contribution < -0.4 is 5.32 Å². The third kappa shape index (κ3) is 4.70. The lowest BCUT2D eigenvalue weighted by atomic mass is 9.76. The largest absolute Gasteiger partial charge is 0.462 e. The summed E-state index contributed by atoms with van der Waals surface area (Å²) < 4.78 is 26.0. The van der Waals surface area contributed by atoms with Crippen LogP contribution in [0.25, 0.3) is 0 Å². The van der Waals surface area contributed by atoms with Crippen LogP contribution in [-0.2, 0) is 28.9 Å². The number of ether oxygens (including phenoxy) is 2. The second-order valence-electron chi connectivity index (χ2n) is 8.99. The lowest BCUT2D eigenvalue weighted by Gasteiger charge is -2.36. The van der Waals surface area contributed by atoms with Gasteiger partial charge in [-0.1, -0.05) is 13.8 Å². The number of carbonyl (C=O) groups excluding carboxylic acids is 2. The maximum absolute atomic E-state index is 13.1. The Balaban J connectivity index is 1.49. The molecule has 1 aromatic carbocycles. The molecule has 0 radical (unpaired) electrons. The number of hydrogen-bond acceptors (Lipinski definition) is 5. The number of halogens is 1. The van der Waals surface area contributed by atoms with Gasteiger partial charge in [0.15, 0.2) is 0 Å².